The standard InChI is InChI=1S/C16H20N4O2/c1-11-12(4-3-7-18-11)16(22)19-13-5-2-6-14(15(13)21)20-9-8-17-10-20/h3-4,7-10,13-15,21H,2,5-6H2,1H3,(H,19,22)/t13-,14-,15-/m1/s1. The Morgan fingerprint density at radius 3 is 3.00 bits per heavy atom. The van der Waals surface area contributed by atoms with E-state index < -0.39 is 6.10 Å². The van der Waals surface area contributed by atoms with Crippen LogP contribution in [0.1, 0.15) is 41.4 Å². The molecule has 2 aromatic heterocycles. The summed E-state index contributed by atoms with van der Waals surface area (Å²) in [6.45, 7) is 1.81. The topological polar surface area (TPSA) is 80.0 Å². The van der Waals surface area contributed by atoms with Crippen molar-refractivity contribution in [2.75, 3.05) is 0 Å². The highest BCUT2D eigenvalue weighted by molar-refractivity contribution is 5.95. The highest BCUT2D eigenvalue weighted by Gasteiger charge is 2.33. The summed E-state index contributed by atoms with van der Waals surface area (Å²) in [7, 11) is 0. The molecule has 0 aliphatic heterocycles. The van der Waals surface area contributed by atoms with Crippen molar-refractivity contribution in [3.05, 3.63) is 48.3 Å². The van der Waals surface area contributed by atoms with E-state index in [1.165, 1.54) is 0 Å². The van der Waals surface area contributed by atoms with E-state index >= 15 is 0 Å². The summed E-state index contributed by atoms with van der Waals surface area (Å²) >= 11 is 0. The number of imidazole rings is 1. The lowest BCUT2D eigenvalue weighted by molar-refractivity contribution is 0.0398. The van der Waals surface area contributed by atoms with E-state index in [0.29, 0.717) is 11.3 Å². The molecule has 3 rings (SSSR count). The van der Waals surface area contributed by atoms with Gasteiger partial charge in [-0.1, -0.05) is 0 Å². The summed E-state index contributed by atoms with van der Waals surface area (Å²) in [5.74, 6) is -0.180. The van der Waals surface area contributed by atoms with Crippen molar-refractivity contribution in [1.82, 2.24) is 19.9 Å². The Balaban J connectivity index is 1.72. The predicted molar refractivity (Wildman–Crippen MR) is 81.4 cm³/mol. The molecule has 6 heteroatoms. The third-order valence-electron chi connectivity index (χ3n) is 4.30. The number of nitrogens with zero attached hydrogens (tertiary/aromatic N) is 3. The molecule has 1 aliphatic carbocycles. The van der Waals surface area contributed by atoms with Gasteiger partial charge in [-0.3, -0.25) is 9.78 Å². The van der Waals surface area contributed by atoms with Crippen LogP contribution < -0.4 is 5.32 Å². The number of amides is 1. The monoisotopic (exact) mass is 300 g/mol. The van der Waals surface area contributed by atoms with Crippen molar-refractivity contribution >= 4 is 5.91 Å². The zero-order valence-electron chi connectivity index (χ0n) is 12.5. The van der Waals surface area contributed by atoms with Gasteiger partial charge in [0, 0.05) is 24.3 Å². The summed E-state index contributed by atoms with van der Waals surface area (Å²) in [6.07, 6.45) is 8.92. The molecule has 2 heterocycles. The second-order valence-corrected chi connectivity index (χ2v) is 5.72. The fourth-order valence-electron chi connectivity index (χ4n) is 3.08. The van der Waals surface area contributed by atoms with E-state index in [1.54, 1.807) is 37.8 Å². The van der Waals surface area contributed by atoms with E-state index in [1.807, 2.05) is 10.8 Å². The molecule has 0 unspecified atom stereocenters. The number of aryl methyl sites for hydroxylation is 1. The summed E-state index contributed by atoms with van der Waals surface area (Å²) in [5.41, 5.74) is 1.25. The minimum atomic E-state index is -0.621. The minimum Gasteiger partial charge on any atom is -0.389 e. The van der Waals surface area contributed by atoms with Crippen LogP contribution in [-0.4, -0.2) is 37.7 Å². The van der Waals surface area contributed by atoms with Crippen LogP contribution >= 0.6 is 0 Å². The van der Waals surface area contributed by atoms with E-state index in [-0.39, 0.29) is 18.0 Å². The third-order valence-corrected chi connectivity index (χ3v) is 4.30. The van der Waals surface area contributed by atoms with E-state index in [2.05, 4.69) is 15.3 Å². The van der Waals surface area contributed by atoms with Crippen LogP contribution in [0.3, 0.4) is 0 Å². The molecular formula is C16H20N4O2. The SMILES string of the molecule is Cc1ncccc1C(=O)N[C@@H]1CCC[C@@H](n2ccnc2)[C@@H]1O. The van der Waals surface area contributed by atoms with Crippen LogP contribution in [-0.2, 0) is 0 Å². The number of hydrogen-bond donors (Lipinski definition) is 2. The molecule has 0 bridgehead atoms. The van der Waals surface area contributed by atoms with Gasteiger partial charge in [-0.25, -0.2) is 4.98 Å². The molecule has 6 nitrogen and oxygen atoms in total. The Labute approximate surface area is 129 Å². The van der Waals surface area contributed by atoms with Crippen molar-refractivity contribution in [2.24, 2.45) is 0 Å². The maximum Gasteiger partial charge on any atom is 0.253 e. The van der Waals surface area contributed by atoms with Crippen LogP contribution in [0.2, 0.25) is 0 Å². The number of aliphatic hydroxyl groups excluding tert-OH is 1. The van der Waals surface area contributed by atoms with Crippen molar-refractivity contribution in [1.29, 1.82) is 0 Å². The molecule has 0 saturated heterocycles. The predicted octanol–water partition coefficient (Wildman–Crippen LogP) is 1.47. The van der Waals surface area contributed by atoms with Gasteiger partial charge in [-0.15, -0.1) is 0 Å². The molecule has 0 radical (unpaired) electrons. The van der Waals surface area contributed by atoms with Crippen molar-refractivity contribution in [2.45, 2.75) is 44.4 Å². The maximum atomic E-state index is 12.4. The molecule has 116 valence electrons. The molecular weight excluding hydrogens is 280 g/mol. The van der Waals surface area contributed by atoms with Crippen molar-refractivity contribution < 1.29 is 9.90 Å². The quantitative estimate of drug-likeness (QED) is 0.899. The average molecular weight is 300 g/mol. The first-order valence-electron chi connectivity index (χ1n) is 7.55. The zero-order chi connectivity index (χ0) is 15.5. The van der Waals surface area contributed by atoms with E-state index in [4.69, 9.17) is 0 Å². The average Bonchev–Trinajstić information content (AvgIpc) is 3.04. The smallest absolute Gasteiger partial charge is 0.253 e. The van der Waals surface area contributed by atoms with Gasteiger partial charge in [0.25, 0.3) is 5.91 Å². The summed E-state index contributed by atoms with van der Waals surface area (Å²) in [4.78, 5) is 20.6. The largest absolute Gasteiger partial charge is 0.389 e. The van der Waals surface area contributed by atoms with E-state index in [0.717, 1.165) is 19.3 Å². The lowest BCUT2D eigenvalue weighted by atomic mass is 9.87. The van der Waals surface area contributed by atoms with Gasteiger partial charge in [-0.05, 0) is 38.3 Å². The minimum absolute atomic E-state index is 0.0449. The first-order valence-corrected chi connectivity index (χ1v) is 7.55. The highest BCUT2D eigenvalue weighted by Crippen LogP contribution is 2.29. The molecule has 22 heavy (non-hydrogen) atoms. The normalized spacial score (nSPS) is 24.9. The first kappa shape index (κ1) is 14.7. The molecule has 2 aromatic rings. The van der Waals surface area contributed by atoms with Gasteiger partial charge in [0.05, 0.1) is 30.1 Å². The molecule has 1 aliphatic rings. The summed E-state index contributed by atoms with van der Waals surface area (Å²) in [6, 6.07) is 3.19. The molecule has 3 atom stereocenters. The summed E-state index contributed by atoms with van der Waals surface area (Å²) in [5, 5.41) is 13.5. The Hall–Kier alpha value is -2.21. The van der Waals surface area contributed by atoms with Crippen LogP contribution in [0.4, 0.5) is 0 Å². The number of rotatable bonds is 3. The van der Waals surface area contributed by atoms with Crippen LogP contribution in [0.15, 0.2) is 37.1 Å². The van der Waals surface area contributed by atoms with Gasteiger partial charge in [0.15, 0.2) is 0 Å². The lowest BCUT2D eigenvalue weighted by Crippen LogP contribution is -2.49. The van der Waals surface area contributed by atoms with Crippen LogP contribution in [0, 0.1) is 6.92 Å². The number of pyridine rings is 1. The second kappa shape index (κ2) is 6.27. The Kier molecular flexibility index (Phi) is 4.20. The molecule has 1 amide bonds. The highest BCUT2D eigenvalue weighted by atomic mass is 16.3. The Morgan fingerprint density at radius 2 is 2.27 bits per heavy atom. The zero-order valence-corrected chi connectivity index (χ0v) is 12.5. The lowest BCUT2D eigenvalue weighted by Gasteiger charge is -2.35. The summed E-state index contributed by atoms with van der Waals surface area (Å²) < 4.78 is 1.91. The van der Waals surface area contributed by atoms with Crippen molar-refractivity contribution in [3.8, 4) is 0 Å². The molecule has 0 spiro atoms. The third kappa shape index (κ3) is 2.87. The fourth-order valence-corrected chi connectivity index (χ4v) is 3.08. The number of hydrogen-bond acceptors (Lipinski definition) is 4. The van der Waals surface area contributed by atoms with Gasteiger partial charge >= 0.3 is 0 Å². The van der Waals surface area contributed by atoms with Gasteiger partial charge in [0.2, 0.25) is 0 Å². The molecule has 2 N–H and O–H groups in total. The second-order valence-electron chi connectivity index (χ2n) is 5.72. The molecule has 1 fully saturated rings. The van der Waals surface area contributed by atoms with Gasteiger partial charge in [-0.2, -0.15) is 0 Å². The van der Waals surface area contributed by atoms with Crippen molar-refractivity contribution in [3.63, 3.8) is 0 Å². The number of carbonyl (C=O) groups excluding carboxylic acids is 1. The molecule has 1 saturated carbocycles. The van der Waals surface area contributed by atoms with Gasteiger partial charge < -0.3 is 15.0 Å². The van der Waals surface area contributed by atoms with Gasteiger partial charge in [0.1, 0.15) is 0 Å². The number of aromatic nitrogens is 3. The molecule has 0 aromatic carbocycles. The maximum absolute atomic E-state index is 12.4. The first-order chi connectivity index (χ1) is 10.7. The number of nitrogens with one attached hydrogen (secondary N) is 1. The van der Waals surface area contributed by atoms with Crippen LogP contribution in [0.5, 0.6) is 0 Å². The van der Waals surface area contributed by atoms with E-state index in [9.17, 15) is 9.90 Å². The fraction of sp³-hybridized carbons (Fsp3) is 0.438. The Bertz CT molecular complexity index is 641. The van der Waals surface area contributed by atoms with Crippen LogP contribution in [0.25, 0.3) is 0 Å². The Morgan fingerprint density at radius 1 is 1.41 bits per heavy atom. The number of aliphatic hydroxyl groups is 1. The number of carbonyl (C=O) groups is 1.